The maximum atomic E-state index is 12.5. The molecule has 0 radical (unpaired) electrons. The van der Waals surface area contributed by atoms with E-state index in [0.29, 0.717) is 31.6 Å². The molecule has 1 fully saturated rings. The van der Waals surface area contributed by atoms with E-state index in [4.69, 9.17) is 8.83 Å². The summed E-state index contributed by atoms with van der Waals surface area (Å²) in [5.74, 6) is 2.45. The summed E-state index contributed by atoms with van der Waals surface area (Å²) in [7, 11) is 0. The van der Waals surface area contributed by atoms with Gasteiger partial charge in [0.05, 0.1) is 12.5 Å². The maximum absolute atomic E-state index is 12.5. The first-order chi connectivity index (χ1) is 11.7. The van der Waals surface area contributed by atoms with Crippen LogP contribution in [0.3, 0.4) is 0 Å². The van der Waals surface area contributed by atoms with Gasteiger partial charge >= 0.3 is 0 Å². The Morgan fingerprint density at radius 2 is 1.75 bits per heavy atom. The second kappa shape index (κ2) is 8.20. The third kappa shape index (κ3) is 4.74. The second-order valence-electron chi connectivity index (χ2n) is 6.87. The summed E-state index contributed by atoms with van der Waals surface area (Å²) < 4.78 is 10.9. The molecule has 3 rings (SSSR count). The molecule has 0 bridgehead atoms. The molecule has 2 heterocycles. The van der Waals surface area contributed by atoms with Gasteiger partial charge in [-0.2, -0.15) is 0 Å². The van der Waals surface area contributed by atoms with Gasteiger partial charge in [-0.25, -0.2) is 0 Å². The Balaban J connectivity index is 1.58. The van der Waals surface area contributed by atoms with Crippen molar-refractivity contribution >= 4 is 5.91 Å². The topological polar surface area (TPSA) is 59.8 Å². The van der Waals surface area contributed by atoms with Gasteiger partial charge in [0.15, 0.2) is 18.1 Å². The summed E-state index contributed by atoms with van der Waals surface area (Å²) in [6, 6.07) is 7.97. The monoisotopic (exact) mass is 331 g/mol. The molecule has 5 nitrogen and oxygen atoms in total. The van der Waals surface area contributed by atoms with Crippen molar-refractivity contribution in [1.29, 1.82) is 0 Å². The molecule has 1 aliphatic rings. The maximum Gasteiger partial charge on any atom is 0.275 e. The van der Waals surface area contributed by atoms with Crippen LogP contribution in [0.2, 0.25) is 0 Å². The molecule has 2 N–H and O–H groups in total. The molecule has 2 atom stereocenters. The second-order valence-corrected chi connectivity index (χ2v) is 6.87. The average molecular weight is 331 g/mol. The van der Waals surface area contributed by atoms with Gasteiger partial charge in [0.1, 0.15) is 13.1 Å². The molecule has 130 valence electrons. The van der Waals surface area contributed by atoms with Gasteiger partial charge in [-0.3, -0.25) is 4.79 Å². The molecule has 0 aliphatic heterocycles. The van der Waals surface area contributed by atoms with E-state index < -0.39 is 0 Å². The number of nitrogens with one attached hydrogen (secondary N) is 2. The van der Waals surface area contributed by atoms with Gasteiger partial charge in [0.2, 0.25) is 0 Å². The average Bonchev–Trinajstić information content (AvgIpc) is 3.23. The molecule has 1 saturated carbocycles. The van der Waals surface area contributed by atoms with Crippen molar-refractivity contribution in [1.82, 2.24) is 5.32 Å². The van der Waals surface area contributed by atoms with Crippen molar-refractivity contribution < 1.29 is 18.5 Å². The molecule has 24 heavy (non-hydrogen) atoms. The Kier molecular flexibility index (Phi) is 5.75. The first-order valence-electron chi connectivity index (χ1n) is 8.88. The van der Waals surface area contributed by atoms with Crippen LogP contribution in [0.4, 0.5) is 0 Å². The van der Waals surface area contributed by atoms with Crippen LogP contribution in [-0.4, -0.2) is 18.5 Å². The fourth-order valence-corrected chi connectivity index (χ4v) is 3.52. The minimum atomic E-state index is 0.113. The first-order valence-corrected chi connectivity index (χ1v) is 8.88. The van der Waals surface area contributed by atoms with E-state index >= 15 is 0 Å². The van der Waals surface area contributed by atoms with Gasteiger partial charge in [0, 0.05) is 6.04 Å². The number of hydrogen-bond acceptors (Lipinski definition) is 3. The predicted octanol–water partition coefficient (Wildman–Crippen LogP) is 2.15. The Bertz CT molecular complexity index is 570. The van der Waals surface area contributed by atoms with E-state index in [0.717, 1.165) is 22.8 Å². The smallest absolute Gasteiger partial charge is 0.275 e. The van der Waals surface area contributed by atoms with Crippen LogP contribution >= 0.6 is 0 Å². The van der Waals surface area contributed by atoms with Crippen molar-refractivity contribution in [3.8, 4) is 0 Å². The largest absolute Gasteiger partial charge is 0.463 e. The van der Waals surface area contributed by atoms with Crippen molar-refractivity contribution in [2.24, 2.45) is 5.92 Å². The third-order valence-corrected chi connectivity index (χ3v) is 4.88. The Morgan fingerprint density at radius 1 is 1.12 bits per heavy atom. The number of rotatable bonds is 7. The van der Waals surface area contributed by atoms with Crippen LogP contribution in [0.15, 0.2) is 45.6 Å². The Hall–Kier alpha value is -2.01. The predicted molar refractivity (Wildman–Crippen MR) is 90.2 cm³/mol. The number of carbonyl (C=O) groups is 1. The van der Waals surface area contributed by atoms with Crippen molar-refractivity contribution in [2.75, 3.05) is 6.54 Å². The van der Waals surface area contributed by atoms with Gasteiger partial charge < -0.3 is 19.1 Å². The minimum Gasteiger partial charge on any atom is -0.463 e. The highest BCUT2D eigenvalue weighted by atomic mass is 16.3. The molecular formula is C19H27N2O3+. The molecular weight excluding hydrogens is 304 g/mol. The molecule has 0 unspecified atom stereocenters. The molecule has 1 aliphatic carbocycles. The molecule has 2 aromatic heterocycles. The van der Waals surface area contributed by atoms with Crippen LogP contribution in [0, 0.1) is 5.92 Å². The van der Waals surface area contributed by atoms with Crippen molar-refractivity contribution in [3.63, 3.8) is 0 Å². The fraction of sp³-hybridized carbons (Fsp3) is 0.526. The van der Waals surface area contributed by atoms with Crippen LogP contribution in [0.25, 0.3) is 0 Å². The first kappa shape index (κ1) is 16.8. The van der Waals surface area contributed by atoms with E-state index in [2.05, 4.69) is 12.2 Å². The fourth-order valence-electron chi connectivity index (χ4n) is 3.52. The molecule has 0 spiro atoms. The summed E-state index contributed by atoms with van der Waals surface area (Å²) in [5.41, 5.74) is 0. The number of carbonyl (C=O) groups excluding carboxylic acids is 1. The highest BCUT2D eigenvalue weighted by Gasteiger charge is 2.25. The number of quaternary nitrogens is 1. The number of amides is 1. The zero-order valence-electron chi connectivity index (χ0n) is 14.3. The third-order valence-electron chi connectivity index (χ3n) is 4.88. The van der Waals surface area contributed by atoms with Gasteiger partial charge in [-0.15, -0.1) is 0 Å². The molecule has 2 aromatic rings. The highest BCUT2D eigenvalue weighted by Crippen LogP contribution is 2.23. The Morgan fingerprint density at radius 3 is 2.29 bits per heavy atom. The number of hydrogen-bond donors (Lipinski definition) is 2. The van der Waals surface area contributed by atoms with Gasteiger partial charge in [-0.1, -0.05) is 19.8 Å². The van der Waals surface area contributed by atoms with Gasteiger partial charge in [-0.05, 0) is 43.0 Å². The van der Waals surface area contributed by atoms with E-state index in [1.165, 1.54) is 19.3 Å². The molecule has 0 aromatic carbocycles. The summed E-state index contributed by atoms with van der Waals surface area (Å²) in [5, 5.41) is 3.24. The lowest BCUT2D eigenvalue weighted by atomic mass is 9.86. The lowest BCUT2D eigenvalue weighted by Gasteiger charge is -2.29. The molecule has 0 saturated heterocycles. The van der Waals surface area contributed by atoms with E-state index in [1.807, 2.05) is 24.3 Å². The quantitative estimate of drug-likeness (QED) is 0.817. The van der Waals surface area contributed by atoms with E-state index in [9.17, 15) is 4.79 Å². The van der Waals surface area contributed by atoms with Crippen LogP contribution < -0.4 is 10.2 Å². The minimum absolute atomic E-state index is 0.113. The highest BCUT2D eigenvalue weighted by molar-refractivity contribution is 5.77. The van der Waals surface area contributed by atoms with E-state index in [1.54, 1.807) is 12.5 Å². The Labute approximate surface area is 143 Å². The van der Waals surface area contributed by atoms with Crippen LogP contribution in [-0.2, 0) is 17.9 Å². The summed E-state index contributed by atoms with van der Waals surface area (Å²) >= 11 is 0. The van der Waals surface area contributed by atoms with Crippen molar-refractivity contribution in [3.05, 3.63) is 48.3 Å². The lowest BCUT2D eigenvalue weighted by molar-refractivity contribution is -0.921. The van der Waals surface area contributed by atoms with Crippen LogP contribution in [0.5, 0.6) is 0 Å². The molecule has 5 heteroatoms. The normalized spacial score (nSPS) is 21.1. The summed E-state index contributed by atoms with van der Waals surface area (Å²) in [4.78, 5) is 13.6. The summed E-state index contributed by atoms with van der Waals surface area (Å²) in [6.45, 7) is 3.99. The SMILES string of the molecule is C[C@@H]1CCCC[C@@H]1NC(=O)C[NH+](Cc1ccco1)Cc1ccco1. The van der Waals surface area contributed by atoms with Crippen LogP contribution in [0.1, 0.15) is 44.1 Å². The van der Waals surface area contributed by atoms with Crippen molar-refractivity contribution in [2.45, 2.75) is 51.7 Å². The lowest BCUT2D eigenvalue weighted by Crippen LogP contribution is -3.10. The van der Waals surface area contributed by atoms with Gasteiger partial charge in [0.25, 0.3) is 5.91 Å². The zero-order valence-corrected chi connectivity index (χ0v) is 14.3. The zero-order chi connectivity index (χ0) is 16.8. The standard InChI is InChI=1S/C19H26N2O3/c1-15-6-2-3-9-18(15)20-19(22)14-21(12-16-7-4-10-23-16)13-17-8-5-11-24-17/h4-5,7-8,10-11,15,18H,2-3,6,9,12-14H2,1H3,(H,20,22)/p+1/t15-,18+/m1/s1. The molecule has 1 amide bonds. The number of furan rings is 2. The summed E-state index contributed by atoms with van der Waals surface area (Å²) in [6.07, 6.45) is 8.14. The van der Waals surface area contributed by atoms with E-state index in [-0.39, 0.29) is 5.91 Å².